The van der Waals surface area contributed by atoms with Crippen molar-refractivity contribution in [1.29, 1.82) is 0 Å². The zero-order valence-corrected chi connectivity index (χ0v) is 18.1. The summed E-state index contributed by atoms with van der Waals surface area (Å²) in [6, 6.07) is 11.5. The summed E-state index contributed by atoms with van der Waals surface area (Å²) in [4.78, 5) is 30.9. The number of carbonyl (C=O) groups is 2. The molecule has 1 N–H and O–H groups in total. The van der Waals surface area contributed by atoms with Crippen LogP contribution in [0.15, 0.2) is 36.4 Å². The van der Waals surface area contributed by atoms with E-state index in [2.05, 4.69) is 16.0 Å². The number of aryl methyl sites for hydroxylation is 1. The molecule has 3 heterocycles. The van der Waals surface area contributed by atoms with E-state index in [-0.39, 0.29) is 18.3 Å². The zero-order chi connectivity index (χ0) is 22.1. The molecule has 3 aromatic rings. The summed E-state index contributed by atoms with van der Waals surface area (Å²) in [7, 11) is 0. The number of benzene rings is 2. The van der Waals surface area contributed by atoms with Gasteiger partial charge >= 0.3 is 5.97 Å². The Morgan fingerprint density at radius 2 is 2.12 bits per heavy atom. The Morgan fingerprint density at radius 1 is 1.22 bits per heavy atom. The number of esters is 1. The van der Waals surface area contributed by atoms with Gasteiger partial charge in [-0.2, -0.15) is 0 Å². The molecule has 0 radical (unpaired) electrons. The molecule has 1 amide bonds. The molecule has 2 aliphatic heterocycles. The normalized spacial score (nSPS) is 15.2. The number of rotatable bonds is 6. The average Bonchev–Trinajstić information content (AvgIpc) is 3.19. The molecule has 32 heavy (non-hydrogen) atoms. The second kappa shape index (κ2) is 8.53. The van der Waals surface area contributed by atoms with E-state index < -0.39 is 0 Å². The Morgan fingerprint density at radius 3 is 3.00 bits per heavy atom. The fourth-order valence-electron chi connectivity index (χ4n) is 4.38. The van der Waals surface area contributed by atoms with E-state index >= 15 is 0 Å². The number of amides is 1. The summed E-state index contributed by atoms with van der Waals surface area (Å²) >= 11 is 0. The van der Waals surface area contributed by atoms with Crippen molar-refractivity contribution in [3.8, 4) is 11.5 Å². The minimum absolute atomic E-state index is 0.0583. The van der Waals surface area contributed by atoms with Crippen LogP contribution in [0, 0.1) is 0 Å². The largest absolute Gasteiger partial charge is 0.466 e. The zero-order valence-electron chi connectivity index (χ0n) is 18.1. The minimum Gasteiger partial charge on any atom is -0.466 e. The number of anilines is 1. The van der Waals surface area contributed by atoms with Crippen molar-refractivity contribution >= 4 is 28.9 Å². The van der Waals surface area contributed by atoms with Gasteiger partial charge in [-0.05, 0) is 55.7 Å². The van der Waals surface area contributed by atoms with E-state index in [1.54, 1.807) is 11.8 Å². The SMILES string of the molecule is CCOC(=O)CCN1CCc2cc(Oc3cccc4c3nc3n4CCCN3)ccc2C1=O. The molecule has 2 aromatic carbocycles. The Balaban J connectivity index is 1.34. The van der Waals surface area contributed by atoms with Crippen LogP contribution >= 0.6 is 0 Å². The molecule has 5 rings (SSSR count). The molecule has 8 heteroatoms. The minimum atomic E-state index is -0.278. The third-order valence-electron chi connectivity index (χ3n) is 5.95. The lowest BCUT2D eigenvalue weighted by Crippen LogP contribution is -2.39. The molecule has 2 aliphatic rings. The number of ether oxygens (including phenoxy) is 2. The Kier molecular flexibility index (Phi) is 5.43. The van der Waals surface area contributed by atoms with E-state index in [1.807, 2.05) is 30.3 Å². The first-order chi connectivity index (χ1) is 15.6. The van der Waals surface area contributed by atoms with Crippen LogP contribution in [0.25, 0.3) is 11.0 Å². The summed E-state index contributed by atoms with van der Waals surface area (Å²) in [5.74, 6) is 1.92. The molecule has 166 valence electrons. The number of fused-ring (bicyclic) bond motifs is 4. The van der Waals surface area contributed by atoms with Crippen molar-refractivity contribution in [2.75, 3.05) is 31.6 Å². The highest BCUT2D eigenvalue weighted by Gasteiger charge is 2.25. The number of nitrogens with zero attached hydrogens (tertiary/aromatic N) is 3. The summed E-state index contributed by atoms with van der Waals surface area (Å²) in [6.07, 6.45) is 2.00. The number of nitrogens with one attached hydrogen (secondary N) is 1. The van der Waals surface area contributed by atoms with Crippen molar-refractivity contribution in [3.63, 3.8) is 0 Å². The third kappa shape index (κ3) is 3.77. The number of para-hydroxylation sites is 1. The molecule has 0 saturated carbocycles. The third-order valence-corrected chi connectivity index (χ3v) is 5.95. The molecule has 0 bridgehead atoms. The van der Waals surface area contributed by atoms with Crippen molar-refractivity contribution in [2.45, 2.75) is 32.7 Å². The van der Waals surface area contributed by atoms with Gasteiger partial charge in [-0.1, -0.05) is 6.07 Å². The van der Waals surface area contributed by atoms with E-state index in [1.165, 1.54) is 0 Å². The molecule has 0 aliphatic carbocycles. The van der Waals surface area contributed by atoms with Crippen molar-refractivity contribution in [3.05, 3.63) is 47.5 Å². The van der Waals surface area contributed by atoms with Gasteiger partial charge in [0.25, 0.3) is 5.91 Å². The Hall–Kier alpha value is -3.55. The maximum atomic E-state index is 12.9. The monoisotopic (exact) mass is 434 g/mol. The molecule has 0 saturated heterocycles. The first kappa shape index (κ1) is 20.4. The Bertz CT molecular complexity index is 1190. The summed E-state index contributed by atoms with van der Waals surface area (Å²) < 4.78 is 13.4. The van der Waals surface area contributed by atoms with E-state index in [4.69, 9.17) is 14.5 Å². The van der Waals surface area contributed by atoms with Crippen LogP contribution in [0.1, 0.15) is 35.7 Å². The van der Waals surface area contributed by atoms with E-state index in [0.717, 1.165) is 42.1 Å². The molecule has 8 nitrogen and oxygen atoms in total. The lowest BCUT2D eigenvalue weighted by molar-refractivity contribution is -0.143. The van der Waals surface area contributed by atoms with Gasteiger partial charge in [-0.25, -0.2) is 4.98 Å². The van der Waals surface area contributed by atoms with Crippen molar-refractivity contribution < 1.29 is 19.1 Å². The molecule has 0 fully saturated rings. The van der Waals surface area contributed by atoms with Gasteiger partial charge in [0.15, 0.2) is 5.75 Å². The topological polar surface area (TPSA) is 85.7 Å². The maximum Gasteiger partial charge on any atom is 0.307 e. The van der Waals surface area contributed by atoms with E-state index in [9.17, 15) is 9.59 Å². The van der Waals surface area contributed by atoms with Crippen molar-refractivity contribution in [1.82, 2.24) is 14.5 Å². The average molecular weight is 434 g/mol. The van der Waals surface area contributed by atoms with Crippen LogP contribution in [-0.4, -0.2) is 52.6 Å². The number of imidazole rings is 1. The van der Waals surface area contributed by atoms with Crippen molar-refractivity contribution in [2.24, 2.45) is 0 Å². The Labute approximate surface area is 186 Å². The van der Waals surface area contributed by atoms with Gasteiger partial charge in [-0.3, -0.25) is 9.59 Å². The maximum absolute atomic E-state index is 12.9. The van der Waals surface area contributed by atoms with Gasteiger partial charge in [0.2, 0.25) is 5.95 Å². The summed E-state index contributed by atoms with van der Waals surface area (Å²) in [5.41, 5.74) is 3.50. The lowest BCUT2D eigenvalue weighted by Gasteiger charge is -2.28. The highest BCUT2D eigenvalue weighted by atomic mass is 16.5. The van der Waals surface area contributed by atoms with Gasteiger partial charge in [0.05, 0.1) is 18.5 Å². The highest BCUT2D eigenvalue weighted by Crippen LogP contribution is 2.34. The summed E-state index contributed by atoms with van der Waals surface area (Å²) in [5, 5.41) is 3.34. The second-order valence-electron chi connectivity index (χ2n) is 8.01. The quantitative estimate of drug-likeness (QED) is 0.597. The second-order valence-corrected chi connectivity index (χ2v) is 8.01. The lowest BCUT2D eigenvalue weighted by atomic mass is 9.98. The van der Waals surface area contributed by atoms with E-state index in [0.29, 0.717) is 43.2 Å². The van der Waals surface area contributed by atoms with Crippen LogP contribution < -0.4 is 10.1 Å². The standard InChI is InChI=1S/C24H26N4O4/c1-2-31-21(29)10-14-27-13-9-16-15-17(7-8-18(16)23(27)30)32-20-6-3-5-19-22(20)26-24-25-11-4-12-28(19)24/h3,5-8,15H,2,4,9-14H2,1H3,(H,25,26). The number of hydrogen-bond acceptors (Lipinski definition) is 6. The predicted octanol–water partition coefficient (Wildman–Crippen LogP) is 3.60. The fraction of sp³-hybridized carbons (Fsp3) is 0.375. The highest BCUT2D eigenvalue weighted by molar-refractivity contribution is 5.97. The summed E-state index contributed by atoms with van der Waals surface area (Å²) in [6.45, 7) is 4.94. The van der Waals surface area contributed by atoms with Crippen LogP contribution in [0.5, 0.6) is 11.5 Å². The number of carbonyl (C=O) groups excluding carboxylic acids is 2. The molecular weight excluding hydrogens is 408 g/mol. The predicted molar refractivity (Wildman–Crippen MR) is 120 cm³/mol. The fourth-order valence-corrected chi connectivity index (χ4v) is 4.38. The van der Waals surface area contributed by atoms with Gasteiger partial charge < -0.3 is 24.3 Å². The molecule has 0 spiro atoms. The first-order valence-corrected chi connectivity index (χ1v) is 11.1. The van der Waals surface area contributed by atoms with Crippen LogP contribution in [0.2, 0.25) is 0 Å². The van der Waals surface area contributed by atoms with Gasteiger partial charge in [0, 0.05) is 31.7 Å². The smallest absolute Gasteiger partial charge is 0.307 e. The van der Waals surface area contributed by atoms with Crippen LogP contribution in [-0.2, 0) is 22.5 Å². The molecule has 1 aromatic heterocycles. The number of aromatic nitrogens is 2. The number of hydrogen-bond donors (Lipinski definition) is 1. The molecule has 0 atom stereocenters. The first-order valence-electron chi connectivity index (χ1n) is 11.1. The van der Waals surface area contributed by atoms with Gasteiger partial charge in [-0.15, -0.1) is 0 Å². The van der Waals surface area contributed by atoms with Crippen LogP contribution in [0.4, 0.5) is 5.95 Å². The molecule has 0 unspecified atom stereocenters. The van der Waals surface area contributed by atoms with Crippen LogP contribution in [0.3, 0.4) is 0 Å². The van der Waals surface area contributed by atoms with Gasteiger partial charge in [0.1, 0.15) is 11.3 Å². The molecular formula is C24H26N4O4.